The highest BCUT2D eigenvalue weighted by Crippen LogP contribution is 2.13. The lowest BCUT2D eigenvalue weighted by Gasteiger charge is -2.02. The average Bonchev–Trinajstić information content (AvgIpc) is 2.28. The zero-order valence-corrected chi connectivity index (χ0v) is 8.31. The Balaban J connectivity index is 2.59. The SMILES string of the molecule is C=CC(=O)Oc1ccc(CCC=O)cc1. The fourth-order valence-electron chi connectivity index (χ4n) is 1.11. The second kappa shape index (κ2) is 5.75. The molecule has 15 heavy (non-hydrogen) atoms. The van der Waals surface area contributed by atoms with Crippen LogP contribution in [0.5, 0.6) is 5.75 Å². The summed E-state index contributed by atoms with van der Waals surface area (Å²) in [5.74, 6) is 0.00499. The molecule has 0 saturated carbocycles. The largest absolute Gasteiger partial charge is 0.423 e. The number of rotatable bonds is 5. The molecule has 0 radical (unpaired) electrons. The average molecular weight is 204 g/mol. The lowest BCUT2D eigenvalue weighted by molar-refractivity contribution is -0.128. The van der Waals surface area contributed by atoms with Crippen molar-refractivity contribution in [3.63, 3.8) is 0 Å². The Hall–Kier alpha value is -1.90. The maximum absolute atomic E-state index is 10.9. The predicted molar refractivity (Wildman–Crippen MR) is 56.7 cm³/mol. The molecule has 0 amide bonds. The molecule has 1 aromatic rings. The highest BCUT2D eigenvalue weighted by Gasteiger charge is 1.99. The van der Waals surface area contributed by atoms with Gasteiger partial charge >= 0.3 is 5.97 Å². The van der Waals surface area contributed by atoms with E-state index in [1.54, 1.807) is 12.1 Å². The van der Waals surface area contributed by atoms with Crippen molar-refractivity contribution in [3.05, 3.63) is 42.5 Å². The number of hydrogen-bond donors (Lipinski definition) is 0. The molecule has 0 fully saturated rings. The van der Waals surface area contributed by atoms with Crippen LogP contribution >= 0.6 is 0 Å². The highest BCUT2D eigenvalue weighted by molar-refractivity contribution is 5.83. The smallest absolute Gasteiger partial charge is 0.335 e. The Morgan fingerprint density at radius 1 is 1.33 bits per heavy atom. The third-order valence-electron chi connectivity index (χ3n) is 1.86. The quantitative estimate of drug-likeness (QED) is 0.318. The number of carbonyl (C=O) groups excluding carboxylic acids is 2. The van der Waals surface area contributed by atoms with Crippen LogP contribution in [0.25, 0.3) is 0 Å². The molecule has 1 aromatic carbocycles. The van der Waals surface area contributed by atoms with Crippen LogP contribution in [-0.2, 0) is 16.0 Å². The second-order valence-electron chi connectivity index (χ2n) is 2.97. The maximum Gasteiger partial charge on any atom is 0.335 e. The van der Waals surface area contributed by atoms with E-state index in [-0.39, 0.29) is 0 Å². The molecule has 0 saturated heterocycles. The number of aldehydes is 1. The molecule has 78 valence electrons. The van der Waals surface area contributed by atoms with Crippen LogP contribution in [-0.4, -0.2) is 12.3 Å². The first-order valence-electron chi connectivity index (χ1n) is 4.63. The topological polar surface area (TPSA) is 43.4 Å². The fourth-order valence-corrected chi connectivity index (χ4v) is 1.11. The molecule has 0 bridgehead atoms. The van der Waals surface area contributed by atoms with Crippen molar-refractivity contribution in [2.45, 2.75) is 12.8 Å². The molecule has 0 spiro atoms. The van der Waals surface area contributed by atoms with Gasteiger partial charge < -0.3 is 9.53 Å². The van der Waals surface area contributed by atoms with Crippen molar-refractivity contribution < 1.29 is 14.3 Å². The summed E-state index contributed by atoms with van der Waals surface area (Å²) in [7, 11) is 0. The Morgan fingerprint density at radius 3 is 2.53 bits per heavy atom. The van der Waals surface area contributed by atoms with E-state index in [9.17, 15) is 9.59 Å². The van der Waals surface area contributed by atoms with Crippen molar-refractivity contribution in [3.8, 4) is 5.75 Å². The lowest BCUT2D eigenvalue weighted by atomic mass is 10.1. The Kier molecular flexibility index (Phi) is 4.29. The number of aryl methyl sites for hydroxylation is 1. The molecular formula is C12H12O3. The van der Waals surface area contributed by atoms with E-state index in [4.69, 9.17) is 4.74 Å². The van der Waals surface area contributed by atoms with E-state index in [1.807, 2.05) is 12.1 Å². The van der Waals surface area contributed by atoms with Gasteiger partial charge in [0.05, 0.1) is 0 Å². The summed E-state index contributed by atoms with van der Waals surface area (Å²) < 4.78 is 4.90. The molecule has 0 aromatic heterocycles. The summed E-state index contributed by atoms with van der Waals surface area (Å²) in [4.78, 5) is 21.0. The summed E-state index contributed by atoms with van der Waals surface area (Å²) in [6.45, 7) is 3.30. The van der Waals surface area contributed by atoms with Gasteiger partial charge in [0.2, 0.25) is 0 Å². The maximum atomic E-state index is 10.9. The number of esters is 1. The van der Waals surface area contributed by atoms with Crippen molar-refractivity contribution in [2.75, 3.05) is 0 Å². The molecule has 0 aliphatic rings. The van der Waals surface area contributed by atoms with Crippen molar-refractivity contribution in [1.82, 2.24) is 0 Å². The zero-order chi connectivity index (χ0) is 11.1. The van der Waals surface area contributed by atoms with Crippen LogP contribution < -0.4 is 4.74 Å². The third-order valence-corrected chi connectivity index (χ3v) is 1.86. The van der Waals surface area contributed by atoms with Gasteiger partial charge in [-0.2, -0.15) is 0 Å². The standard InChI is InChI=1S/C12H12O3/c1-2-12(14)15-11-7-5-10(6-8-11)4-3-9-13/h2,5-9H,1,3-4H2. The first-order chi connectivity index (χ1) is 7.26. The molecule has 3 heteroatoms. The summed E-state index contributed by atoms with van der Waals surface area (Å²) in [6.07, 6.45) is 3.21. The van der Waals surface area contributed by atoms with E-state index in [0.717, 1.165) is 17.9 Å². The first kappa shape index (κ1) is 11.2. The molecular weight excluding hydrogens is 192 g/mol. The number of ether oxygens (including phenoxy) is 1. The minimum absolute atomic E-state index is 0.476. The molecule has 0 heterocycles. The molecule has 0 unspecified atom stereocenters. The molecule has 0 N–H and O–H groups in total. The van der Waals surface area contributed by atoms with E-state index in [1.165, 1.54) is 0 Å². The van der Waals surface area contributed by atoms with Crippen LogP contribution in [0.1, 0.15) is 12.0 Å². The molecule has 3 nitrogen and oxygen atoms in total. The molecule has 1 rings (SSSR count). The highest BCUT2D eigenvalue weighted by atomic mass is 16.5. The number of benzene rings is 1. The van der Waals surface area contributed by atoms with Crippen LogP contribution in [0.15, 0.2) is 36.9 Å². The van der Waals surface area contributed by atoms with E-state index in [2.05, 4.69) is 6.58 Å². The minimum atomic E-state index is -0.476. The first-order valence-corrected chi connectivity index (χ1v) is 4.63. The predicted octanol–water partition coefficient (Wildman–Crippen LogP) is 1.91. The van der Waals surface area contributed by atoms with Crippen LogP contribution in [0.4, 0.5) is 0 Å². The van der Waals surface area contributed by atoms with E-state index >= 15 is 0 Å². The van der Waals surface area contributed by atoms with Gasteiger partial charge in [0.1, 0.15) is 12.0 Å². The summed E-state index contributed by atoms with van der Waals surface area (Å²) in [5.41, 5.74) is 1.04. The van der Waals surface area contributed by atoms with Gasteiger partial charge in [-0.25, -0.2) is 4.79 Å². The summed E-state index contributed by atoms with van der Waals surface area (Å²) in [5, 5.41) is 0. The Bertz CT molecular complexity index is 352. The van der Waals surface area contributed by atoms with Gasteiger partial charge in [-0.3, -0.25) is 0 Å². The van der Waals surface area contributed by atoms with E-state index in [0.29, 0.717) is 18.6 Å². The van der Waals surface area contributed by atoms with Crippen molar-refractivity contribution in [2.24, 2.45) is 0 Å². The van der Waals surface area contributed by atoms with Gasteiger partial charge in [-0.1, -0.05) is 18.7 Å². The monoisotopic (exact) mass is 204 g/mol. The second-order valence-corrected chi connectivity index (χ2v) is 2.97. The molecule has 0 aliphatic heterocycles. The minimum Gasteiger partial charge on any atom is -0.423 e. The van der Waals surface area contributed by atoms with Crippen molar-refractivity contribution in [1.29, 1.82) is 0 Å². The summed E-state index contributed by atoms with van der Waals surface area (Å²) >= 11 is 0. The van der Waals surface area contributed by atoms with Crippen LogP contribution in [0.3, 0.4) is 0 Å². The normalized spacial score (nSPS) is 9.33. The number of carbonyl (C=O) groups is 2. The zero-order valence-electron chi connectivity index (χ0n) is 8.31. The van der Waals surface area contributed by atoms with E-state index < -0.39 is 5.97 Å². The lowest BCUT2D eigenvalue weighted by Crippen LogP contribution is -2.02. The van der Waals surface area contributed by atoms with Crippen LogP contribution in [0, 0.1) is 0 Å². The molecule has 0 atom stereocenters. The van der Waals surface area contributed by atoms with Gasteiger partial charge in [0.15, 0.2) is 0 Å². The Morgan fingerprint density at radius 2 is 2.00 bits per heavy atom. The fraction of sp³-hybridized carbons (Fsp3) is 0.167. The van der Waals surface area contributed by atoms with Gasteiger partial charge in [0, 0.05) is 12.5 Å². The van der Waals surface area contributed by atoms with Gasteiger partial charge in [-0.15, -0.1) is 0 Å². The third kappa shape index (κ3) is 3.77. The van der Waals surface area contributed by atoms with Crippen molar-refractivity contribution >= 4 is 12.3 Å². The molecule has 0 aliphatic carbocycles. The van der Waals surface area contributed by atoms with Gasteiger partial charge in [-0.05, 0) is 24.1 Å². The van der Waals surface area contributed by atoms with Gasteiger partial charge in [0.25, 0.3) is 0 Å². The Labute approximate surface area is 88.4 Å². The van der Waals surface area contributed by atoms with Crippen LogP contribution in [0.2, 0.25) is 0 Å². The summed E-state index contributed by atoms with van der Waals surface area (Å²) in [6, 6.07) is 7.05. The number of hydrogen-bond acceptors (Lipinski definition) is 3.